The Kier molecular flexibility index (Phi) is 2.99. The van der Waals surface area contributed by atoms with Crippen molar-refractivity contribution in [2.75, 3.05) is 7.05 Å². The molecule has 1 aromatic rings. The molecule has 0 aliphatic heterocycles. The zero-order valence-electron chi connectivity index (χ0n) is 9.69. The molecule has 4 nitrogen and oxygen atoms in total. The first-order valence-electron chi connectivity index (χ1n) is 5.53. The Morgan fingerprint density at radius 3 is 2.88 bits per heavy atom. The van der Waals surface area contributed by atoms with Crippen molar-refractivity contribution >= 4 is 17.2 Å². The van der Waals surface area contributed by atoms with Gasteiger partial charge in [0, 0.05) is 18.1 Å². The van der Waals surface area contributed by atoms with Crippen LogP contribution in [0.4, 0.5) is 0 Å². The van der Waals surface area contributed by atoms with Crippen molar-refractivity contribution in [2.24, 2.45) is 5.73 Å². The van der Waals surface area contributed by atoms with Crippen LogP contribution in [0.15, 0.2) is 6.20 Å². The molecule has 0 unspecified atom stereocenters. The number of carbonyl (C=O) groups excluding carboxylic acids is 1. The van der Waals surface area contributed by atoms with E-state index in [1.165, 1.54) is 4.88 Å². The number of thiazole rings is 1. The lowest BCUT2D eigenvalue weighted by atomic mass is 10.2. The summed E-state index contributed by atoms with van der Waals surface area (Å²) in [5, 5.41) is 0.983. The monoisotopic (exact) mass is 239 g/mol. The van der Waals surface area contributed by atoms with Gasteiger partial charge in [-0.3, -0.25) is 4.79 Å². The van der Waals surface area contributed by atoms with Gasteiger partial charge in [-0.05, 0) is 19.3 Å². The second kappa shape index (κ2) is 4.14. The summed E-state index contributed by atoms with van der Waals surface area (Å²) in [6.45, 7) is 2.67. The Bertz CT molecular complexity index is 398. The zero-order valence-corrected chi connectivity index (χ0v) is 10.5. The van der Waals surface area contributed by atoms with E-state index in [1.807, 2.05) is 6.20 Å². The second-order valence-electron chi connectivity index (χ2n) is 4.39. The van der Waals surface area contributed by atoms with E-state index < -0.39 is 5.54 Å². The molecular weight excluding hydrogens is 222 g/mol. The van der Waals surface area contributed by atoms with Gasteiger partial charge < -0.3 is 10.6 Å². The van der Waals surface area contributed by atoms with Crippen molar-refractivity contribution in [2.45, 2.75) is 38.3 Å². The third kappa shape index (κ3) is 2.25. The minimum absolute atomic E-state index is 0.0424. The van der Waals surface area contributed by atoms with Crippen molar-refractivity contribution in [1.29, 1.82) is 0 Å². The van der Waals surface area contributed by atoms with E-state index >= 15 is 0 Å². The highest BCUT2D eigenvalue weighted by Gasteiger charge is 2.47. The molecule has 2 N–H and O–H groups in total. The fourth-order valence-electron chi connectivity index (χ4n) is 1.59. The smallest absolute Gasteiger partial charge is 0.242 e. The van der Waals surface area contributed by atoms with Crippen LogP contribution in [0.1, 0.15) is 29.7 Å². The Morgan fingerprint density at radius 2 is 2.38 bits per heavy atom. The Morgan fingerprint density at radius 1 is 1.69 bits per heavy atom. The molecule has 2 rings (SSSR count). The molecule has 1 heterocycles. The Labute approximate surface area is 99.5 Å². The van der Waals surface area contributed by atoms with Crippen molar-refractivity contribution in [3.8, 4) is 0 Å². The van der Waals surface area contributed by atoms with Gasteiger partial charge in [-0.1, -0.05) is 6.92 Å². The predicted molar refractivity (Wildman–Crippen MR) is 64.1 cm³/mol. The van der Waals surface area contributed by atoms with Gasteiger partial charge in [0.2, 0.25) is 5.91 Å². The lowest BCUT2D eigenvalue weighted by molar-refractivity contribution is -0.132. The van der Waals surface area contributed by atoms with Crippen LogP contribution in [0.25, 0.3) is 0 Å². The van der Waals surface area contributed by atoms with Gasteiger partial charge in [-0.25, -0.2) is 4.98 Å². The predicted octanol–water partition coefficient (Wildman–Crippen LogP) is 1.16. The highest BCUT2D eigenvalue weighted by molar-refractivity contribution is 7.11. The molecule has 0 bridgehead atoms. The number of hydrogen-bond donors (Lipinski definition) is 1. The fourth-order valence-corrected chi connectivity index (χ4v) is 2.50. The number of carbonyl (C=O) groups is 1. The van der Waals surface area contributed by atoms with Crippen molar-refractivity contribution < 1.29 is 4.79 Å². The van der Waals surface area contributed by atoms with E-state index in [0.29, 0.717) is 6.54 Å². The highest BCUT2D eigenvalue weighted by Crippen LogP contribution is 2.34. The largest absolute Gasteiger partial charge is 0.337 e. The van der Waals surface area contributed by atoms with Crippen molar-refractivity contribution in [1.82, 2.24) is 9.88 Å². The number of amides is 1. The van der Waals surface area contributed by atoms with Crippen LogP contribution in [0.5, 0.6) is 0 Å². The molecule has 0 atom stereocenters. The zero-order chi connectivity index (χ0) is 11.8. The minimum atomic E-state index is -0.570. The molecule has 5 heteroatoms. The molecule has 88 valence electrons. The molecule has 1 aliphatic rings. The number of nitrogens with zero attached hydrogens (tertiary/aromatic N) is 2. The summed E-state index contributed by atoms with van der Waals surface area (Å²) in [7, 11) is 1.79. The van der Waals surface area contributed by atoms with E-state index in [-0.39, 0.29) is 5.91 Å². The van der Waals surface area contributed by atoms with E-state index in [4.69, 9.17) is 5.73 Å². The lowest BCUT2D eigenvalue weighted by Crippen LogP contribution is -2.43. The van der Waals surface area contributed by atoms with Gasteiger partial charge in [0.1, 0.15) is 5.01 Å². The number of hydrogen-bond acceptors (Lipinski definition) is 4. The summed E-state index contributed by atoms with van der Waals surface area (Å²) in [6.07, 6.45) is 4.51. The van der Waals surface area contributed by atoms with Crippen LogP contribution in [0.2, 0.25) is 0 Å². The van der Waals surface area contributed by atoms with Crippen LogP contribution in [0.3, 0.4) is 0 Å². The fraction of sp³-hybridized carbons (Fsp3) is 0.636. The number of aryl methyl sites for hydroxylation is 1. The lowest BCUT2D eigenvalue weighted by Gasteiger charge is -2.19. The summed E-state index contributed by atoms with van der Waals surface area (Å²) < 4.78 is 0. The summed E-state index contributed by atoms with van der Waals surface area (Å²) in [5.74, 6) is 0.0424. The molecule has 0 aromatic carbocycles. The highest BCUT2D eigenvalue weighted by atomic mass is 32.1. The quantitative estimate of drug-likeness (QED) is 0.857. The van der Waals surface area contributed by atoms with E-state index in [2.05, 4.69) is 11.9 Å². The molecule has 1 amide bonds. The first kappa shape index (κ1) is 11.5. The minimum Gasteiger partial charge on any atom is -0.337 e. The van der Waals surface area contributed by atoms with E-state index in [1.54, 1.807) is 23.3 Å². The van der Waals surface area contributed by atoms with Crippen LogP contribution in [-0.2, 0) is 17.8 Å². The maximum atomic E-state index is 11.9. The van der Waals surface area contributed by atoms with Crippen molar-refractivity contribution in [3.05, 3.63) is 16.1 Å². The number of aromatic nitrogens is 1. The summed E-state index contributed by atoms with van der Waals surface area (Å²) in [4.78, 5) is 19.1. The molecule has 1 aromatic heterocycles. The van der Waals surface area contributed by atoms with Gasteiger partial charge in [0.05, 0.1) is 12.1 Å². The van der Waals surface area contributed by atoms with Crippen LogP contribution in [-0.4, -0.2) is 28.4 Å². The maximum Gasteiger partial charge on any atom is 0.242 e. The maximum absolute atomic E-state index is 11.9. The third-order valence-corrected chi connectivity index (χ3v) is 4.01. The molecular formula is C11H17N3OS. The molecule has 16 heavy (non-hydrogen) atoms. The molecule has 1 aliphatic carbocycles. The van der Waals surface area contributed by atoms with Gasteiger partial charge in [0.15, 0.2) is 0 Å². The summed E-state index contributed by atoms with van der Waals surface area (Å²) in [5.41, 5.74) is 5.30. The average molecular weight is 239 g/mol. The Hall–Kier alpha value is -0.940. The second-order valence-corrected chi connectivity index (χ2v) is 5.59. The van der Waals surface area contributed by atoms with Crippen LogP contribution < -0.4 is 5.73 Å². The molecule has 1 saturated carbocycles. The first-order valence-corrected chi connectivity index (χ1v) is 6.35. The molecule has 0 spiro atoms. The van der Waals surface area contributed by atoms with Gasteiger partial charge in [0.25, 0.3) is 0 Å². The van der Waals surface area contributed by atoms with E-state index in [0.717, 1.165) is 24.3 Å². The SMILES string of the molecule is CCc1cnc(CN(C)C(=O)C2(N)CC2)s1. The van der Waals surface area contributed by atoms with Gasteiger partial charge in [-0.15, -0.1) is 11.3 Å². The molecule has 0 saturated heterocycles. The molecule has 0 radical (unpaired) electrons. The Balaban J connectivity index is 1.96. The summed E-state index contributed by atoms with van der Waals surface area (Å²) in [6, 6.07) is 0. The van der Waals surface area contributed by atoms with Crippen LogP contribution in [0, 0.1) is 0 Å². The number of rotatable bonds is 4. The molecule has 1 fully saturated rings. The van der Waals surface area contributed by atoms with Crippen molar-refractivity contribution in [3.63, 3.8) is 0 Å². The van der Waals surface area contributed by atoms with Crippen LogP contribution >= 0.6 is 11.3 Å². The topological polar surface area (TPSA) is 59.2 Å². The first-order chi connectivity index (χ1) is 7.55. The summed E-state index contributed by atoms with van der Waals surface area (Å²) >= 11 is 1.66. The van der Waals surface area contributed by atoms with Gasteiger partial charge >= 0.3 is 0 Å². The standard InChI is InChI=1S/C11H17N3OS/c1-3-8-6-13-9(16-8)7-14(2)10(15)11(12)4-5-11/h6H,3-5,7,12H2,1-2H3. The third-order valence-electron chi connectivity index (χ3n) is 2.88. The number of likely N-dealkylation sites (N-methyl/N-ethyl adjacent to an activating group) is 1. The normalized spacial score (nSPS) is 17.2. The van der Waals surface area contributed by atoms with Gasteiger partial charge in [-0.2, -0.15) is 0 Å². The average Bonchev–Trinajstić information content (AvgIpc) is 2.86. The van der Waals surface area contributed by atoms with E-state index in [9.17, 15) is 4.79 Å². The number of nitrogens with two attached hydrogens (primary N) is 1.